The number of aryl methyl sites for hydroxylation is 2. The molecule has 0 aliphatic rings. The fraction of sp³-hybridized carbons (Fsp3) is 0.800. The Morgan fingerprint density at radius 3 is 2.43 bits per heavy atom. The molecule has 0 aromatic carbocycles. The third kappa shape index (κ3) is 5.36. The quantitative estimate of drug-likeness (QED) is 0.376. The highest BCUT2D eigenvalue weighted by molar-refractivity contribution is 5.59. The zero-order valence-electron chi connectivity index (χ0n) is 13.5. The van der Waals surface area contributed by atoms with Gasteiger partial charge in [0, 0.05) is 13.1 Å². The fourth-order valence-electron chi connectivity index (χ4n) is 2.45. The molecular weight excluding hydrogens is 268 g/mol. The molecule has 6 heteroatoms. The van der Waals surface area contributed by atoms with Crippen LogP contribution in [0.15, 0.2) is 0 Å². The van der Waals surface area contributed by atoms with Gasteiger partial charge in [0.15, 0.2) is 0 Å². The maximum Gasteiger partial charge on any atom is 0.333 e. The van der Waals surface area contributed by atoms with Gasteiger partial charge in [0.25, 0.3) is 0 Å². The molecule has 0 fully saturated rings. The average Bonchev–Trinajstić information content (AvgIpc) is 2.74. The molecule has 1 aromatic rings. The Labute approximate surface area is 127 Å². The summed E-state index contributed by atoms with van der Waals surface area (Å²) in [6.07, 6.45) is 8.18. The lowest BCUT2D eigenvalue weighted by atomic mass is 10.1. The number of unbranched alkanes of at least 4 members (excludes halogenated alkanes) is 5. The van der Waals surface area contributed by atoms with Gasteiger partial charge in [-0.05, 0) is 19.8 Å². The largest absolute Gasteiger partial charge is 0.365 e. The first kappa shape index (κ1) is 17.5. The lowest BCUT2D eigenvalue weighted by Gasteiger charge is -2.08. The van der Waals surface area contributed by atoms with Crippen LogP contribution in [0.4, 0.5) is 11.5 Å². The van der Waals surface area contributed by atoms with Crippen molar-refractivity contribution in [3.05, 3.63) is 15.8 Å². The number of aromatic nitrogens is 2. The number of rotatable bonds is 11. The maximum atomic E-state index is 11.2. The Morgan fingerprint density at radius 2 is 1.81 bits per heavy atom. The van der Waals surface area contributed by atoms with Crippen LogP contribution < -0.4 is 5.32 Å². The zero-order chi connectivity index (χ0) is 15.7. The first-order valence-corrected chi connectivity index (χ1v) is 8.07. The molecule has 6 nitrogen and oxygen atoms in total. The Hall–Kier alpha value is -1.59. The van der Waals surface area contributed by atoms with Gasteiger partial charge in [-0.3, -0.25) is 10.1 Å². The molecule has 0 atom stereocenters. The summed E-state index contributed by atoms with van der Waals surface area (Å²) in [5, 5.41) is 18.7. The molecule has 0 aliphatic heterocycles. The topological polar surface area (TPSA) is 73.0 Å². The van der Waals surface area contributed by atoms with Gasteiger partial charge in [-0.1, -0.05) is 46.0 Å². The maximum absolute atomic E-state index is 11.2. The van der Waals surface area contributed by atoms with Crippen LogP contribution in [-0.2, 0) is 6.54 Å². The first-order valence-electron chi connectivity index (χ1n) is 8.07. The molecule has 0 saturated heterocycles. The molecular formula is C15H28N4O2. The second-order valence-electron chi connectivity index (χ2n) is 5.46. The van der Waals surface area contributed by atoms with Gasteiger partial charge in [-0.2, -0.15) is 5.10 Å². The van der Waals surface area contributed by atoms with E-state index in [9.17, 15) is 10.1 Å². The fourth-order valence-corrected chi connectivity index (χ4v) is 2.45. The highest BCUT2D eigenvalue weighted by Crippen LogP contribution is 2.28. The Bertz CT molecular complexity index is 443. The smallest absolute Gasteiger partial charge is 0.333 e. The Kier molecular flexibility index (Phi) is 7.79. The molecule has 0 saturated carbocycles. The monoisotopic (exact) mass is 296 g/mol. The summed E-state index contributed by atoms with van der Waals surface area (Å²) in [5.41, 5.74) is 0.605. The van der Waals surface area contributed by atoms with Gasteiger partial charge in [-0.15, -0.1) is 0 Å². The standard InChI is InChI=1S/C15H28N4O2/c1-4-6-7-8-9-10-11-16-15-14(19(20)21)13(3)17-18(15)12-5-2/h16H,4-12H2,1-3H3. The third-order valence-corrected chi connectivity index (χ3v) is 3.54. The van der Waals surface area contributed by atoms with E-state index in [2.05, 4.69) is 17.3 Å². The molecule has 0 aliphatic carbocycles. The molecule has 21 heavy (non-hydrogen) atoms. The van der Waals surface area contributed by atoms with Crippen molar-refractivity contribution in [1.82, 2.24) is 9.78 Å². The number of hydrogen-bond acceptors (Lipinski definition) is 4. The minimum absolute atomic E-state index is 0.120. The van der Waals surface area contributed by atoms with E-state index >= 15 is 0 Å². The van der Waals surface area contributed by atoms with Crippen molar-refractivity contribution in [2.45, 2.75) is 72.3 Å². The summed E-state index contributed by atoms with van der Waals surface area (Å²) in [4.78, 5) is 10.8. The number of nitrogens with one attached hydrogen (secondary N) is 1. The van der Waals surface area contributed by atoms with Crippen molar-refractivity contribution in [3.63, 3.8) is 0 Å². The molecule has 1 heterocycles. The highest BCUT2D eigenvalue weighted by Gasteiger charge is 2.24. The normalized spacial score (nSPS) is 10.8. The number of anilines is 1. The zero-order valence-corrected chi connectivity index (χ0v) is 13.5. The summed E-state index contributed by atoms with van der Waals surface area (Å²) in [5.74, 6) is 0.563. The number of nitrogens with zero attached hydrogens (tertiary/aromatic N) is 3. The van der Waals surface area contributed by atoms with Gasteiger partial charge in [0.2, 0.25) is 5.82 Å². The van der Waals surface area contributed by atoms with Crippen molar-refractivity contribution in [2.75, 3.05) is 11.9 Å². The van der Waals surface area contributed by atoms with Crippen molar-refractivity contribution >= 4 is 11.5 Å². The second-order valence-corrected chi connectivity index (χ2v) is 5.46. The van der Waals surface area contributed by atoms with Gasteiger partial charge in [0.05, 0.1) is 4.92 Å². The van der Waals surface area contributed by atoms with E-state index in [-0.39, 0.29) is 10.6 Å². The minimum Gasteiger partial charge on any atom is -0.365 e. The van der Waals surface area contributed by atoms with Gasteiger partial charge in [-0.25, -0.2) is 4.68 Å². The molecule has 1 N–H and O–H groups in total. The molecule has 0 spiro atoms. The SMILES string of the molecule is CCCCCCCCNc1c([N+](=O)[O-])c(C)nn1CCC. The van der Waals surface area contributed by atoms with Crippen LogP contribution >= 0.6 is 0 Å². The van der Waals surface area contributed by atoms with Crippen molar-refractivity contribution in [1.29, 1.82) is 0 Å². The minimum atomic E-state index is -0.335. The summed E-state index contributed by atoms with van der Waals surface area (Å²) in [6.45, 7) is 7.41. The van der Waals surface area contributed by atoms with Crippen LogP contribution in [0.25, 0.3) is 0 Å². The van der Waals surface area contributed by atoms with Crippen LogP contribution in [0.2, 0.25) is 0 Å². The van der Waals surface area contributed by atoms with E-state index in [1.807, 2.05) is 6.92 Å². The molecule has 120 valence electrons. The van der Waals surface area contributed by atoms with E-state index in [1.165, 1.54) is 32.1 Å². The molecule has 1 rings (SSSR count). The first-order chi connectivity index (χ1) is 10.1. The molecule has 1 aromatic heterocycles. The average molecular weight is 296 g/mol. The van der Waals surface area contributed by atoms with Crippen LogP contribution in [-0.4, -0.2) is 21.2 Å². The highest BCUT2D eigenvalue weighted by atomic mass is 16.6. The Morgan fingerprint density at radius 1 is 1.14 bits per heavy atom. The second kappa shape index (κ2) is 9.37. The number of nitro groups is 1. The molecule has 0 amide bonds. The van der Waals surface area contributed by atoms with E-state index < -0.39 is 0 Å². The lowest BCUT2D eigenvalue weighted by molar-refractivity contribution is -0.384. The van der Waals surface area contributed by atoms with E-state index in [0.717, 1.165) is 19.4 Å². The van der Waals surface area contributed by atoms with E-state index in [1.54, 1.807) is 11.6 Å². The van der Waals surface area contributed by atoms with Crippen LogP contribution in [0.5, 0.6) is 0 Å². The molecule has 0 radical (unpaired) electrons. The lowest BCUT2D eigenvalue weighted by Crippen LogP contribution is -2.10. The van der Waals surface area contributed by atoms with Crippen LogP contribution in [0, 0.1) is 17.0 Å². The molecule has 0 bridgehead atoms. The van der Waals surface area contributed by atoms with Gasteiger partial charge in [0.1, 0.15) is 5.69 Å². The predicted octanol–water partition coefficient (Wildman–Crippen LogP) is 4.28. The molecule has 0 unspecified atom stereocenters. The third-order valence-electron chi connectivity index (χ3n) is 3.54. The Balaban J connectivity index is 2.54. The summed E-state index contributed by atoms with van der Waals surface area (Å²) in [6, 6.07) is 0. The van der Waals surface area contributed by atoms with E-state index in [4.69, 9.17) is 0 Å². The van der Waals surface area contributed by atoms with Gasteiger partial charge >= 0.3 is 5.69 Å². The predicted molar refractivity (Wildman–Crippen MR) is 85.8 cm³/mol. The summed E-state index contributed by atoms with van der Waals surface area (Å²) in [7, 11) is 0. The van der Waals surface area contributed by atoms with Crippen molar-refractivity contribution in [3.8, 4) is 0 Å². The summed E-state index contributed by atoms with van der Waals surface area (Å²) >= 11 is 0. The van der Waals surface area contributed by atoms with E-state index in [0.29, 0.717) is 18.1 Å². The van der Waals surface area contributed by atoms with Crippen molar-refractivity contribution in [2.24, 2.45) is 0 Å². The van der Waals surface area contributed by atoms with Crippen molar-refractivity contribution < 1.29 is 4.92 Å². The number of hydrogen-bond donors (Lipinski definition) is 1. The van der Waals surface area contributed by atoms with Gasteiger partial charge < -0.3 is 5.32 Å². The van der Waals surface area contributed by atoms with Crippen LogP contribution in [0.1, 0.15) is 64.5 Å². The summed E-state index contributed by atoms with van der Waals surface area (Å²) < 4.78 is 1.73. The van der Waals surface area contributed by atoms with Crippen LogP contribution in [0.3, 0.4) is 0 Å².